The summed E-state index contributed by atoms with van der Waals surface area (Å²) in [6.45, 7) is 0.274. The van der Waals surface area contributed by atoms with E-state index in [1.165, 1.54) is 4.90 Å². The summed E-state index contributed by atoms with van der Waals surface area (Å²) in [4.78, 5) is 26.4. The van der Waals surface area contributed by atoms with Gasteiger partial charge in [0.05, 0.1) is 11.4 Å². The minimum atomic E-state index is -0.241. The lowest BCUT2D eigenvalue weighted by Gasteiger charge is -2.13. The molecule has 116 valence electrons. The van der Waals surface area contributed by atoms with Crippen LogP contribution in [-0.4, -0.2) is 16.0 Å². The summed E-state index contributed by atoms with van der Waals surface area (Å²) in [6, 6.07) is 15.4. The molecular formula is C17H11BrINO2S. The first-order chi connectivity index (χ1) is 11.0. The highest BCUT2D eigenvalue weighted by atomic mass is 127. The van der Waals surface area contributed by atoms with E-state index in [1.54, 1.807) is 6.08 Å². The molecule has 0 atom stereocenters. The molecule has 2 aromatic rings. The molecule has 2 aromatic carbocycles. The zero-order valence-corrected chi connectivity index (χ0v) is 16.4. The molecule has 6 heteroatoms. The highest BCUT2D eigenvalue weighted by Gasteiger charge is 2.35. The highest BCUT2D eigenvalue weighted by Crippen LogP contribution is 2.34. The maximum atomic E-state index is 12.5. The van der Waals surface area contributed by atoms with E-state index >= 15 is 0 Å². The Bertz CT molecular complexity index is 804. The molecule has 0 spiro atoms. The number of benzene rings is 2. The number of amides is 2. The summed E-state index contributed by atoms with van der Waals surface area (Å²) >= 11 is 6.66. The minimum Gasteiger partial charge on any atom is -0.268 e. The van der Waals surface area contributed by atoms with Crippen LogP contribution in [0.25, 0.3) is 6.08 Å². The SMILES string of the molecule is O=C1S/C(=C\c2ccc(I)cc2)C(=O)N1Cc1ccccc1Br. The van der Waals surface area contributed by atoms with E-state index in [4.69, 9.17) is 0 Å². The molecule has 0 unspecified atom stereocenters. The second-order valence-electron chi connectivity index (χ2n) is 4.91. The average Bonchev–Trinajstić information content (AvgIpc) is 2.79. The molecule has 1 aliphatic heterocycles. The van der Waals surface area contributed by atoms with Crippen molar-refractivity contribution in [2.75, 3.05) is 0 Å². The van der Waals surface area contributed by atoms with E-state index in [-0.39, 0.29) is 17.7 Å². The quantitative estimate of drug-likeness (QED) is 0.425. The molecule has 0 N–H and O–H groups in total. The Morgan fingerprint density at radius 2 is 1.78 bits per heavy atom. The van der Waals surface area contributed by atoms with Crippen molar-refractivity contribution in [2.24, 2.45) is 0 Å². The molecule has 1 heterocycles. The van der Waals surface area contributed by atoms with Crippen LogP contribution in [0.4, 0.5) is 4.79 Å². The molecule has 0 saturated carbocycles. The third-order valence-electron chi connectivity index (χ3n) is 3.33. The number of rotatable bonds is 3. The van der Waals surface area contributed by atoms with Crippen molar-refractivity contribution >= 4 is 67.5 Å². The number of nitrogens with zero attached hydrogens (tertiary/aromatic N) is 1. The first kappa shape index (κ1) is 16.7. The normalized spacial score (nSPS) is 16.4. The van der Waals surface area contributed by atoms with Gasteiger partial charge in [-0.3, -0.25) is 14.5 Å². The highest BCUT2D eigenvalue weighted by molar-refractivity contribution is 14.1. The molecule has 1 aliphatic rings. The number of thioether (sulfide) groups is 1. The Hall–Kier alpha value is -1.12. The second-order valence-corrected chi connectivity index (χ2v) is 8.00. The summed E-state index contributed by atoms with van der Waals surface area (Å²) in [5, 5.41) is -0.234. The fraction of sp³-hybridized carbons (Fsp3) is 0.0588. The van der Waals surface area contributed by atoms with Crippen molar-refractivity contribution in [1.82, 2.24) is 4.90 Å². The van der Waals surface area contributed by atoms with E-state index in [0.717, 1.165) is 30.9 Å². The van der Waals surface area contributed by atoms with Gasteiger partial charge in [0, 0.05) is 8.04 Å². The Morgan fingerprint density at radius 3 is 2.48 bits per heavy atom. The maximum absolute atomic E-state index is 12.5. The van der Waals surface area contributed by atoms with Gasteiger partial charge in [0.2, 0.25) is 0 Å². The fourth-order valence-corrected chi connectivity index (χ4v) is 3.75. The smallest absolute Gasteiger partial charge is 0.268 e. The van der Waals surface area contributed by atoms with Crippen LogP contribution in [0, 0.1) is 3.57 Å². The van der Waals surface area contributed by atoms with Crippen LogP contribution >= 0.6 is 50.3 Å². The van der Waals surface area contributed by atoms with Gasteiger partial charge in [-0.1, -0.05) is 46.3 Å². The van der Waals surface area contributed by atoms with Gasteiger partial charge in [-0.05, 0) is 69.8 Å². The number of carbonyl (C=O) groups is 2. The average molecular weight is 500 g/mol. The van der Waals surface area contributed by atoms with Crippen LogP contribution < -0.4 is 0 Å². The molecule has 1 saturated heterocycles. The van der Waals surface area contributed by atoms with Crippen molar-refractivity contribution < 1.29 is 9.59 Å². The van der Waals surface area contributed by atoms with Crippen LogP contribution in [-0.2, 0) is 11.3 Å². The zero-order chi connectivity index (χ0) is 16.4. The van der Waals surface area contributed by atoms with Gasteiger partial charge in [0.15, 0.2) is 0 Å². The number of hydrogen-bond acceptors (Lipinski definition) is 3. The summed E-state index contributed by atoms with van der Waals surface area (Å²) in [5.41, 5.74) is 1.82. The van der Waals surface area contributed by atoms with E-state index < -0.39 is 0 Å². The third-order valence-corrected chi connectivity index (χ3v) is 5.73. The van der Waals surface area contributed by atoms with Gasteiger partial charge < -0.3 is 0 Å². The number of carbonyl (C=O) groups excluding carboxylic acids is 2. The molecule has 1 fully saturated rings. The third kappa shape index (κ3) is 3.87. The van der Waals surface area contributed by atoms with Crippen LogP contribution in [0.1, 0.15) is 11.1 Å². The van der Waals surface area contributed by atoms with Crippen LogP contribution in [0.2, 0.25) is 0 Å². The van der Waals surface area contributed by atoms with Crippen molar-refractivity contribution in [3.8, 4) is 0 Å². The molecule has 3 nitrogen and oxygen atoms in total. The first-order valence-electron chi connectivity index (χ1n) is 6.79. The number of imide groups is 1. The van der Waals surface area contributed by atoms with Crippen molar-refractivity contribution in [1.29, 1.82) is 0 Å². The fourth-order valence-electron chi connectivity index (χ4n) is 2.14. The molecule has 3 rings (SSSR count). The summed E-state index contributed by atoms with van der Waals surface area (Å²) in [6.07, 6.45) is 1.76. The lowest BCUT2D eigenvalue weighted by atomic mass is 10.2. The summed E-state index contributed by atoms with van der Waals surface area (Å²) in [5.74, 6) is -0.241. The van der Waals surface area contributed by atoms with Gasteiger partial charge >= 0.3 is 0 Å². The Morgan fingerprint density at radius 1 is 1.09 bits per heavy atom. The maximum Gasteiger partial charge on any atom is 0.293 e. The standard InChI is InChI=1S/C17H11BrINO2S/c18-14-4-2-1-3-12(14)10-20-16(21)15(23-17(20)22)9-11-5-7-13(19)8-6-11/h1-9H,10H2/b15-9-. The molecule has 0 aromatic heterocycles. The molecule has 0 aliphatic carbocycles. The van der Waals surface area contributed by atoms with Gasteiger partial charge in [0.1, 0.15) is 0 Å². The zero-order valence-electron chi connectivity index (χ0n) is 11.8. The molecule has 23 heavy (non-hydrogen) atoms. The monoisotopic (exact) mass is 499 g/mol. The predicted molar refractivity (Wildman–Crippen MR) is 105 cm³/mol. The molecule has 0 radical (unpaired) electrons. The lowest BCUT2D eigenvalue weighted by molar-refractivity contribution is -0.123. The predicted octanol–water partition coefficient (Wildman–Crippen LogP) is 5.29. The van der Waals surface area contributed by atoms with Gasteiger partial charge in [-0.15, -0.1) is 0 Å². The van der Waals surface area contributed by atoms with Crippen molar-refractivity contribution in [2.45, 2.75) is 6.54 Å². The van der Waals surface area contributed by atoms with Crippen LogP contribution in [0.5, 0.6) is 0 Å². The Kier molecular flexibility index (Phi) is 5.23. The minimum absolute atomic E-state index is 0.234. The van der Waals surface area contributed by atoms with Crippen molar-refractivity contribution in [3.05, 3.63) is 72.6 Å². The van der Waals surface area contributed by atoms with E-state index in [1.807, 2.05) is 48.5 Å². The second kappa shape index (κ2) is 7.19. The van der Waals surface area contributed by atoms with E-state index in [2.05, 4.69) is 38.5 Å². The van der Waals surface area contributed by atoms with E-state index in [9.17, 15) is 9.59 Å². The molecule has 0 bridgehead atoms. The number of halogens is 2. The Balaban J connectivity index is 1.82. The number of hydrogen-bond donors (Lipinski definition) is 0. The summed E-state index contributed by atoms with van der Waals surface area (Å²) < 4.78 is 2.02. The van der Waals surface area contributed by atoms with Gasteiger partial charge in [0.25, 0.3) is 11.1 Å². The van der Waals surface area contributed by atoms with Gasteiger partial charge in [-0.2, -0.15) is 0 Å². The summed E-state index contributed by atoms with van der Waals surface area (Å²) in [7, 11) is 0. The lowest BCUT2D eigenvalue weighted by Crippen LogP contribution is -2.27. The van der Waals surface area contributed by atoms with Crippen LogP contribution in [0.15, 0.2) is 57.9 Å². The largest absolute Gasteiger partial charge is 0.293 e. The Labute approximate surface area is 160 Å². The van der Waals surface area contributed by atoms with Gasteiger partial charge in [-0.25, -0.2) is 0 Å². The first-order valence-corrected chi connectivity index (χ1v) is 9.48. The molecular weight excluding hydrogens is 489 g/mol. The molecule has 2 amide bonds. The van der Waals surface area contributed by atoms with E-state index in [0.29, 0.717) is 4.91 Å². The topological polar surface area (TPSA) is 37.4 Å². The van der Waals surface area contributed by atoms with Crippen molar-refractivity contribution in [3.63, 3.8) is 0 Å². The van der Waals surface area contributed by atoms with Crippen LogP contribution in [0.3, 0.4) is 0 Å².